The van der Waals surface area contributed by atoms with Crippen LogP contribution >= 0.6 is 0 Å². The first-order valence-electron chi connectivity index (χ1n) is 8.40. The van der Waals surface area contributed by atoms with Crippen LogP contribution in [0.15, 0.2) is 36.4 Å². The van der Waals surface area contributed by atoms with Crippen molar-refractivity contribution in [3.63, 3.8) is 0 Å². The predicted molar refractivity (Wildman–Crippen MR) is 90.7 cm³/mol. The summed E-state index contributed by atoms with van der Waals surface area (Å²) in [6.45, 7) is 6.54. The maximum Gasteiger partial charge on any atom is 0.261 e. The number of benzene rings is 1. The number of ether oxygens (including phenoxy) is 1. The number of amides is 2. The Bertz CT molecular complexity index is 606. The zero-order valence-electron chi connectivity index (χ0n) is 14.4. The second-order valence-electron chi connectivity index (χ2n) is 6.46. The minimum atomic E-state index is -0.626. The van der Waals surface area contributed by atoms with E-state index in [4.69, 9.17) is 4.74 Å². The van der Waals surface area contributed by atoms with Crippen molar-refractivity contribution in [2.45, 2.75) is 39.5 Å². The third-order valence-corrected chi connectivity index (χ3v) is 4.12. The Morgan fingerprint density at radius 2 is 1.83 bits per heavy atom. The summed E-state index contributed by atoms with van der Waals surface area (Å²) >= 11 is 0. The Morgan fingerprint density at radius 3 is 2.42 bits per heavy atom. The second-order valence-corrected chi connectivity index (χ2v) is 6.46. The highest BCUT2D eigenvalue weighted by molar-refractivity contribution is 6.06. The van der Waals surface area contributed by atoms with Gasteiger partial charge in [-0.1, -0.05) is 45.1 Å². The van der Waals surface area contributed by atoms with Crippen LogP contribution in [0.3, 0.4) is 0 Å². The zero-order valence-corrected chi connectivity index (χ0v) is 14.4. The molecule has 0 spiro atoms. The van der Waals surface area contributed by atoms with E-state index in [1.165, 1.54) is 0 Å². The van der Waals surface area contributed by atoms with Gasteiger partial charge in [0.15, 0.2) is 0 Å². The fourth-order valence-corrected chi connectivity index (χ4v) is 2.98. The monoisotopic (exact) mass is 331 g/mol. The van der Waals surface area contributed by atoms with Crippen molar-refractivity contribution in [2.24, 2.45) is 11.8 Å². The summed E-state index contributed by atoms with van der Waals surface area (Å²) in [6, 6.07) is 7.17. The van der Waals surface area contributed by atoms with Crippen molar-refractivity contribution in [3.8, 4) is 5.75 Å². The van der Waals surface area contributed by atoms with E-state index >= 15 is 0 Å². The van der Waals surface area contributed by atoms with Crippen LogP contribution in [0, 0.1) is 11.8 Å². The molecule has 24 heavy (non-hydrogen) atoms. The van der Waals surface area contributed by atoms with Crippen LogP contribution in [0.4, 0.5) is 0 Å². The highest BCUT2D eigenvalue weighted by atomic mass is 16.5. The number of rotatable bonds is 7. The average Bonchev–Trinajstić information content (AvgIpc) is 2.76. The maximum absolute atomic E-state index is 12.3. The summed E-state index contributed by atoms with van der Waals surface area (Å²) in [6.07, 6.45) is 5.51. The lowest BCUT2D eigenvalue weighted by Crippen LogP contribution is -2.27. The largest absolute Gasteiger partial charge is 0.490 e. The van der Waals surface area contributed by atoms with E-state index in [9.17, 15) is 14.8 Å². The smallest absolute Gasteiger partial charge is 0.261 e. The number of carbonyl (C=O) groups is 2. The van der Waals surface area contributed by atoms with Gasteiger partial charge < -0.3 is 4.74 Å². The molecule has 2 rings (SSSR count). The van der Waals surface area contributed by atoms with Gasteiger partial charge in [-0.15, -0.1) is 0 Å². The number of carbonyl (C=O) groups excluding carboxylic acids is 2. The number of hydrogen-bond acceptors (Lipinski definition) is 4. The van der Waals surface area contributed by atoms with Gasteiger partial charge in [0.1, 0.15) is 12.4 Å². The molecule has 1 N–H and O–H groups in total. The summed E-state index contributed by atoms with van der Waals surface area (Å²) in [7, 11) is 0. The van der Waals surface area contributed by atoms with Gasteiger partial charge in [-0.3, -0.25) is 14.8 Å². The first-order chi connectivity index (χ1) is 11.5. The quantitative estimate of drug-likeness (QED) is 0.471. The molecule has 0 bridgehead atoms. The van der Waals surface area contributed by atoms with Crippen LogP contribution in [0.25, 0.3) is 0 Å². The SMILES string of the molecule is CCC=CCOc1ccc([C@@H]2C(=O)N(O)C(=O)C2CC(C)C)cc1. The summed E-state index contributed by atoms with van der Waals surface area (Å²) in [5, 5.41) is 9.98. The van der Waals surface area contributed by atoms with Crippen LogP contribution in [-0.4, -0.2) is 28.7 Å². The Kier molecular flexibility index (Phi) is 6.15. The van der Waals surface area contributed by atoms with Crippen molar-refractivity contribution in [2.75, 3.05) is 6.61 Å². The number of imide groups is 1. The van der Waals surface area contributed by atoms with E-state index in [1.807, 2.05) is 26.0 Å². The standard InChI is InChI=1S/C19H25NO4/c1-4-5-6-11-24-15-9-7-14(8-10-15)17-16(12-13(2)3)18(21)20(23)19(17)22/h5-10,13,16-17,23H,4,11-12H2,1-3H3/t16?,17-/m0/s1. The van der Waals surface area contributed by atoms with E-state index in [0.29, 0.717) is 18.8 Å². The minimum absolute atomic E-state index is 0.258. The summed E-state index contributed by atoms with van der Waals surface area (Å²) in [5.41, 5.74) is 0.729. The van der Waals surface area contributed by atoms with Crippen LogP contribution in [0.1, 0.15) is 45.1 Å². The van der Waals surface area contributed by atoms with E-state index in [1.54, 1.807) is 24.3 Å². The number of hydrogen-bond donors (Lipinski definition) is 1. The van der Waals surface area contributed by atoms with Gasteiger partial charge in [-0.2, -0.15) is 5.06 Å². The second kappa shape index (κ2) is 8.11. The molecule has 0 saturated carbocycles. The van der Waals surface area contributed by atoms with Gasteiger partial charge >= 0.3 is 0 Å². The zero-order chi connectivity index (χ0) is 17.7. The fraction of sp³-hybridized carbons (Fsp3) is 0.474. The van der Waals surface area contributed by atoms with Crippen LogP contribution in [0.2, 0.25) is 0 Å². The van der Waals surface area contributed by atoms with E-state index in [2.05, 4.69) is 6.92 Å². The van der Waals surface area contributed by atoms with E-state index in [-0.39, 0.29) is 11.0 Å². The van der Waals surface area contributed by atoms with Crippen LogP contribution in [0.5, 0.6) is 5.75 Å². The van der Waals surface area contributed by atoms with Gasteiger partial charge in [-0.05, 0) is 36.5 Å². The van der Waals surface area contributed by atoms with Gasteiger partial charge in [0.2, 0.25) is 0 Å². The molecule has 1 heterocycles. The molecule has 1 aliphatic rings. The molecule has 1 aromatic carbocycles. The lowest BCUT2D eigenvalue weighted by atomic mass is 9.83. The van der Waals surface area contributed by atoms with Crippen molar-refractivity contribution in [3.05, 3.63) is 42.0 Å². The first-order valence-corrected chi connectivity index (χ1v) is 8.40. The van der Waals surface area contributed by atoms with Crippen molar-refractivity contribution >= 4 is 11.8 Å². The normalized spacial score (nSPS) is 21.3. The molecule has 2 amide bonds. The maximum atomic E-state index is 12.3. The molecule has 130 valence electrons. The summed E-state index contributed by atoms with van der Waals surface area (Å²) in [4.78, 5) is 24.4. The third kappa shape index (κ3) is 4.03. The number of hydroxylamine groups is 2. The Morgan fingerprint density at radius 1 is 1.17 bits per heavy atom. The van der Waals surface area contributed by atoms with Crippen LogP contribution < -0.4 is 4.74 Å². The molecule has 1 fully saturated rings. The molecule has 1 unspecified atom stereocenters. The number of allylic oxidation sites excluding steroid dienone is 1. The molecular formula is C19H25NO4. The van der Waals surface area contributed by atoms with Crippen molar-refractivity contribution in [1.29, 1.82) is 0 Å². The first kappa shape index (κ1) is 18.2. The lowest BCUT2D eigenvalue weighted by molar-refractivity contribution is -0.172. The molecule has 1 saturated heterocycles. The topological polar surface area (TPSA) is 66.8 Å². The Balaban J connectivity index is 2.14. The van der Waals surface area contributed by atoms with E-state index < -0.39 is 23.7 Å². The number of nitrogens with zero attached hydrogens (tertiary/aromatic N) is 1. The van der Waals surface area contributed by atoms with Crippen LogP contribution in [-0.2, 0) is 9.59 Å². The molecule has 5 nitrogen and oxygen atoms in total. The van der Waals surface area contributed by atoms with Gasteiger partial charge in [0, 0.05) is 0 Å². The predicted octanol–water partition coefficient (Wildman–Crippen LogP) is 3.54. The molecule has 5 heteroatoms. The summed E-state index contributed by atoms with van der Waals surface area (Å²) in [5.74, 6) is -1.24. The summed E-state index contributed by atoms with van der Waals surface area (Å²) < 4.78 is 5.59. The molecule has 1 aliphatic heterocycles. The Labute approximate surface area is 142 Å². The van der Waals surface area contributed by atoms with Gasteiger partial charge in [-0.25, -0.2) is 0 Å². The molecule has 0 radical (unpaired) electrons. The molecule has 0 aromatic heterocycles. The minimum Gasteiger partial charge on any atom is -0.490 e. The molecule has 2 atom stereocenters. The Hall–Kier alpha value is -2.14. The third-order valence-electron chi connectivity index (χ3n) is 4.12. The van der Waals surface area contributed by atoms with E-state index in [0.717, 1.165) is 12.0 Å². The fourth-order valence-electron chi connectivity index (χ4n) is 2.98. The highest BCUT2D eigenvalue weighted by Crippen LogP contribution is 2.38. The van der Waals surface area contributed by atoms with Crippen molar-refractivity contribution in [1.82, 2.24) is 5.06 Å². The lowest BCUT2D eigenvalue weighted by Gasteiger charge is -2.17. The van der Waals surface area contributed by atoms with Gasteiger partial charge in [0.25, 0.3) is 11.8 Å². The average molecular weight is 331 g/mol. The molecule has 0 aliphatic carbocycles. The molecular weight excluding hydrogens is 306 g/mol. The highest BCUT2D eigenvalue weighted by Gasteiger charge is 2.48. The van der Waals surface area contributed by atoms with Crippen molar-refractivity contribution < 1.29 is 19.5 Å². The molecule has 1 aromatic rings. The van der Waals surface area contributed by atoms with Gasteiger partial charge in [0.05, 0.1) is 11.8 Å².